The fourth-order valence-electron chi connectivity index (χ4n) is 2.11. The first kappa shape index (κ1) is 12.4. The van der Waals surface area contributed by atoms with Crippen molar-refractivity contribution in [2.24, 2.45) is 0 Å². The van der Waals surface area contributed by atoms with Crippen molar-refractivity contribution >= 4 is 16.7 Å². The van der Waals surface area contributed by atoms with Gasteiger partial charge in [-0.2, -0.15) is 0 Å². The van der Waals surface area contributed by atoms with Crippen LogP contribution in [-0.4, -0.2) is 18.2 Å². The second-order valence-electron chi connectivity index (χ2n) is 4.79. The Hall–Kier alpha value is -2.03. The van der Waals surface area contributed by atoms with Crippen LogP contribution in [0.25, 0.3) is 10.8 Å². The molecule has 0 saturated carbocycles. The van der Waals surface area contributed by atoms with E-state index in [1.54, 1.807) is 21.0 Å². The number of benzene rings is 2. The average Bonchev–Trinajstić information content (AvgIpc) is 2.37. The monoisotopic (exact) mass is 244 g/mol. The molecule has 1 N–H and O–H groups in total. The Bertz CT molecular complexity index is 600. The third-order valence-corrected chi connectivity index (χ3v) is 3.31. The van der Waals surface area contributed by atoms with Gasteiger partial charge in [-0.1, -0.05) is 30.3 Å². The first-order valence-corrected chi connectivity index (χ1v) is 5.78. The second kappa shape index (κ2) is 4.33. The van der Waals surface area contributed by atoms with Crippen LogP contribution in [0.3, 0.4) is 0 Å². The van der Waals surface area contributed by atoms with E-state index in [9.17, 15) is 9.90 Å². The first-order valence-electron chi connectivity index (χ1n) is 5.78. The molecule has 2 aromatic rings. The summed E-state index contributed by atoms with van der Waals surface area (Å²) in [5.41, 5.74) is -0.127. The molecule has 0 amide bonds. The van der Waals surface area contributed by atoms with Gasteiger partial charge in [0.2, 0.25) is 0 Å². The van der Waals surface area contributed by atoms with Gasteiger partial charge in [-0.15, -0.1) is 0 Å². The van der Waals surface area contributed by atoms with Gasteiger partial charge < -0.3 is 9.84 Å². The smallest absolute Gasteiger partial charge is 0.313 e. The summed E-state index contributed by atoms with van der Waals surface area (Å²) in [5, 5.41) is 11.2. The van der Waals surface area contributed by atoms with Crippen LogP contribution in [0, 0.1) is 0 Å². The van der Waals surface area contributed by atoms with E-state index < -0.39 is 11.4 Å². The predicted molar refractivity (Wildman–Crippen MR) is 71.2 cm³/mol. The molecule has 0 atom stereocenters. The Balaban J connectivity index is 2.78. The van der Waals surface area contributed by atoms with Crippen molar-refractivity contribution in [2.45, 2.75) is 19.3 Å². The van der Waals surface area contributed by atoms with Crippen molar-refractivity contribution in [1.29, 1.82) is 0 Å². The fraction of sp³-hybridized carbons (Fsp3) is 0.267. The molecular formula is C15H16O3. The molecule has 2 rings (SSSR count). The molecule has 0 spiro atoms. The zero-order valence-corrected chi connectivity index (χ0v) is 10.7. The second-order valence-corrected chi connectivity index (χ2v) is 4.79. The molecule has 2 aromatic carbocycles. The Labute approximate surface area is 106 Å². The van der Waals surface area contributed by atoms with Gasteiger partial charge in [-0.05, 0) is 30.9 Å². The third kappa shape index (κ3) is 1.82. The van der Waals surface area contributed by atoms with Crippen LogP contribution in [0.2, 0.25) is 0 Å². The highest BCUT2D eigenvalue weighted by molar-refractivity contribution is 5.95. The van der Waals surface area contributed by atoms with E-state index in [2.05, 4.69) is 0 Å². The van der Waals surface area contributed by atoms with Gasteiger partial charge in [0.15, 0.2) is 0 Å². The maximum atomic E-state index is 11.4. The van der Waals surface area contributed by atoms with Crippen LogP contribution in [0.4, 0.5) is 0 Å². The van der Waals surface area contributed by atoms with E-state index in [0.29, 0.717) is 0 Å². The van der Waals surface area contributed by atoms with E-state index in [1.165, 1.54) is 0 Å². The molecule has 3 heteroatoms. The number of hydrogen-bond acceptors (Lipinski definition) is 2. The molecule has 94 valence electrons. The van der Waals surface area contributed by atoms with Gasteiger partial charge >= 0.3 is 5.97 Å². The van der Waals surface area contributed by atoms with Crippen molar-refractivity contribution in [3.63, 3.8) is 0 Å². The van der Waals surface area contributed by atoms with E-state index in [-0.39, 0.29) is 0 Å². The Morgan fingerprint density at radius 2 is 1.72 bits per heavy atom. The molecule has 0 aliphatic heterocycles. The molecule has 0 heterocycles. The van der Waals surface area contributed by atoms with Crippen molar-refractivity contribution < 1.29 is 14.6 Å². The minimum absolute atomic E-state index is 0.760. The van der Waals surface area contributed by atoms with Gasteiger partial charge in [0, 0.05) is 5.39 Å². The summed E-state index contributed by atoms with van der Waals surface area (Å²) in [6.07, 6.45) is 0. The van der Waals surface area contributed by atoms with E-state index >= 15 is 0 Å². The van der Waals surface area contributed by atoms with Crippen LogP contribution in [0.15, 0.2) is 36.4 Å². The normalized spacial score (nSPS) is 11.5. The molecule has 0 aliphatic rings. The molecule has 0 aromatic heterocycles. The van der Waals surface area contributed by atoms with E-state index in [0.717, 1.165) is 22.1 Å². The highest BCUT2D eigenvalue weighted by Crippen LogP contribution is 2.35. The van der Waals surface area contributed by atoms with Crippen LogP contribution in [-0.2, 0) is 10.2 Å². The van der Waals surface area contributed by atoms with Crippen molar-refractivity contribution in [3.8, 4) is 5.75 Å². The molecule has 3 nitrogen and oxygen atoms in total. The molecule has 0 saturated heterocycles. The van der Waals surface area contributed by atoms with Crippen molar-refractivity contribution in [2.75, 3.05) is 7.11 Å². The van der Waals surface area contributed by atoms with Gasteiger partial charge in [-0.25, -0.2) is 0 Å². The lowest BCUT2D eigenvalue weighted by molar-refractivity contribution is -0.142. The number of aliphatic carboxylic acids is 1. The molecular weight excluding hydrogens is 228 g/mol. The lowest BCUT2D eigenvalue weighted by Crippen LogP contribution is -2.28. The fourth-order valence-corrected chi connectivity index (χ4v) is 2.11. The number of rotatable bonds is 3. The van der Waals surface area contributed by atoms with Crippen LogP contribution in [0.1, 0.15) is 19.4 Å². The van der Waals surface area contributed by atoms with E-state index in [4.69, 9.17) is 4.74 Å². The lowest BCUT2D eigenvalue weighted by Gasteiger charge is -2.22. The topological polar surface area (TPSA) is 46.5 Å². The molecule has 0 unspecified atom stereocenters. The quantitative estimate of drug-likeness (QED) is 0.901. The third-order valence-electron chi connectivity index (χ3n) is 3.31. The lowest BCUT2D eigenvalue weighted by atomic mass is 9.81. The van der Waals surface area contributed by atoms with Gasteiger partial charge in [-0.3, -0.25) is 4.79 Å². The maximum absolute atomic E-state index is 11.4. The standard InChI is InChI=1S/C15H16O3/c1-15(2,14(16)17)12-8-9-13(18-3)11-7-5-4-6-10(11)12/h4-9H,1-3H3,(H,16,17). The highest BCUT2D eigenvalue weighted by Gasteiger charge is 2.31. The number of methoxy groups -OCH3 is 1. The maximum Gasteiger partial charge on any atom is 0.313 e. The summed E-state index contributed by atoms with van der Waals surface area (Å²) in [6, 6.07) is 11.3. The van der Waals surface area contributed by atoms with Crippen LogP contribution < -0.4 is 4.74 Å². The zero-order chi connectivity index (χ0) is 13.3. The largest absolute Gasteiger partial charge is 0.496 e. The van der Waals surface area contributed by atoms with E-state index in [1.807, 2.05) is 36.4 Å². The number of ether oxygens (including phenoxy) is 1. The van der Waals surface area contributed by atoms with Gasteiger partial charge in [0.1, 0.15) is 5.75 Å². The Kier molecular flexibility index (Phi) is 2.99. The van der Waals surface area contributed by atoms with Crippen LogP contribution in [0.5, 0.6) is 5.75 Å². The number of fused-ring (bicyclic) bond motifs is 1. The van der Waals surface area contributed by atoms with Crippen molar-refractivity contribution in [3.05, 3.63) is 42.0 Å². The summed E-state index contributed by atoms with van der Waals surface area (Å²) >= 11 is 0. The molecule has 0 bridgehead atoms. The molecule has 0 aliphatic carbocycles. The first-order chi connectivity index (χ1) is 8.48. The average molecular weight is 244 g/mol. The molecule has 0 radical (unpaired) electrons. The van der Waals surface area contributed by atoms with Crippen molar-refractivity contribution in [1.82, 2.24) is 0 Å². The number of carboxylic acid groups (broad SMARTS) is 1. The Morgan fingerprint density at radius 1 is 1.11 bits per heavy atom. The van der Waals surface area contributed by atoms with Gasteiger partial charge in [0.05, 0.1) is 12.5 Å². The number of carboxylic acids is 1. The number of carbonyl (C=O) groups is 1. The molecule has 0 fully saturated rings. The van der Waals surface area contributed by atoms with Crippen LogP contribution >= 0.6 is 0 Å². The minimum Gasteiger partial charge on any atom is -0.496 e. The zero-order valence-electron chi connectivity index (χ0n) is 10.7. The summed E-state index contributed by atoms with van der Waals surface area (Å²) in [7, 11) is 1.61. The summed E-state index contributed by atoms with van der Waals surface area (Å²) in [5.74, 6) is -0.0756. The summed E-state index contributed by atoms with van der Waals surface area (Å²) in [6.45, 7) is 3.42. The summed E-state index contributed by atoms with van der Waals surface area (Å²) in [4.78, 5) is 11.4. The summed E-state index contributed by atoms with van der Waals surface area (Å²) < 4.78 is 5.31. The van der Waals surface area contributed by atoms with Gasteiger partial charge in [0.25, 0.3) is 0 Å². The Morgan fingerprint density at radius 3 is 2.28 bits per heavy atom. The SMILES string of the molecule is COc1ccc(C(C)(C)C(=O)O)c2ccccc12. The highest BCUT2D eigenvalue weighted by atomic mass is 16.5. The number of hydrogen-bond donors (Lipinski definition) is 1. The minimum atomic E-state index is -0.925. The predicted octanol–water partition coefficient (Wildman–Crippen LogP) is 3.21. The molecule has 18 heavy (non-hydrogen) atoms.